The molecule has 0 aliphatic carbocycles. The molecule has 0 atom stereocenters. The third-order valence-electron chi connectivity index (χ3n) is 3.50. The molecule has 0 spiro atoms. The minimum atomic E-state index is 0.372. The maximum atomic E-state index is 9.48. The monoisotopic (exact) mass is 229 g/mol. The van der Waals surface area contributed by atoms with Crippen molar-refractivity contribution in [3.05, 3.63) is 29.8 Å². The smallest absolute Gasteiger partial charge is 0.115 e. The second kappa shape index (κ2) is 5.75. The number of aromatic hydroxyl groups is 1. The van der Waals surface area contributed by atoms with Crippen LogP contribution in [0.15, 0.2) is 24.3 Å². The Morgan fingerprint density at radius 1 is 1.35 bits per heavy atom. The van der Waals surface area contributed by atoms with E-state index in [2.05, 4.69) is 16.9 Å². The Kier molecular flexibility index (Phi) is 4.06. The van der Waals surface area contributed by atoms with E-state index in [1.807, 2.05) is 12.1 Å². The second-order valence-corrected chi connectivity index (χ2v) is 4.67. The number of nitrogens with zero attached hydrogens (tertiary/aromatic N) is 1. The molecule has 2 heteroatoms. The van der Waals surface area contributed by atoms with E-state index in [1.165, 1.54) is 5.56 Å². The quantitative estimate of drug-likeness (QED) is 0.805. The number of piperidine rings is 1. The zero-order valence-corrected chi connectivity index (χ0v) is 10.1. The summed E-state index contributed by atoms with van der Waals surface area (Å²) in [5, 5.41) is 9.48. The molecular formula is C15H19NO. The molecule has 1 aliphatic heterocycles. The zero-order valence-electron chi connectivity index (χ0n) is 10.1. The third kappa shape index (κ3) is 3.25. The van der Waals surface area contributed by atoms with Crippen LogP contribution < -0.4 is 0 Å². The molecule has 2 nitrogen and oxygen atoms in total. The van der Waals surface area contributed by atoms with Crippen molar-refractivity contribution in [3.63, 3.8) is 0 Å². The van der Waals surface area contributed by atoms with E-state index in [0.29, 0.717) is 11.7 Å². The standard InChI is InChI=1S/C15H19NO/c1-2-3-9-16-10-7-13(8-11-16)14-5-4-6-15(17)12-14/h1,4-6,12-13,17H,3,7-11H2. The Morgan fingerprint density at radius 3 is 2.76 bits per heavy atom. The van der Waals surface area contributed by atoms with E-state index in [-0.39, 0.29) is 0 Å². The van der Waals surface area contributed by atoms with E-state index in [9.17, 15) is 5.11 Å². The zero-order chi connectivity index (χ0) is 12.1. The van der Waals surface area contributed by atoms with E-state index in [1.54, 1.807) is 6.07 Å². The van der Waals surface area contributed by atoms with Crippen molar-refractivity contribution in [2.24, 2.45) is 0 Å². The molecule has 1 aliphatic rings. The van der Waals surface area contributed by atoms with Crippen LogP contribution >= 0.6 is 0 Å². The van der Waals surface area contributed by atoms with Crippen LogP contribution in [0.1, 0.15) is 30.7 Å². The number of rotatable bonds is 3. The van der Waals surface area contributed by atoms with E-state index >= 15 is 0 Å². The lowest BCUT2D eigenvalue weighted by atomic mass is 9.89. The van der Waals surface area contributed by atoms with Crippen molar-refractivity contribution in [2.75, 3.05) is 19.6 Å². The highest BCUT2D eigenvalue weighted by molar-refractivity contribution is 5.30. The van der Waals surface area contributed by atoms with Crippen molar-refractivity contribution < 1.29 is 5.11 Å². The third-order valence-corrected chi connectivity index (χ3v) is 3.50. The Bertz CT molecular complexity index is 400. The fourth-order valence-corrected chi connectivity index (χ4v) is 2.49. The summed E-state index contributed by atoms with van der Waals surface area (Å²) >= 11 is 0. The van der Waals surface area contributed by atoms with E-state index in [4.69, 9.17) is 6.42 Å². The van der Waals surface area contributed by atoms with Crippen molar-refractivity contribution >= 4 is 0 Å². The van der Waals surface area contributed by atoms with Gasteiger partial charge in [-0.25, -0.2) is 0 Å². The Morgan fingerprint density at radius 2 is 2.12 bits per heavy atom. The highest BCUT2D eigenvalue weighted by Gasteiger charge is 2.20. The number of hydrogen-bond acceptors (Lipinski definition) is 2. The summed E-state index contributed by atoms with van der Waals surface area (Å²) in [5.74, 6) is 3.65. The minimum Gasteiger partial charge on any atom is -0.508 e. The van der Waals surface area contributed by atoms with Gasteiger partial charge in [0.25, 0.3) is 0 Å². The predicted octanol–water partition coefficient (Wildman–Crippen LogP) is 2.59. The SMILES string of the molecule is C#CCCN1CCC(c2cccc(O)c2)CC1. The van der Waals surface area contributed by atoms with Gasteiger partial charge in [-0.2, -0.15) is 0 Å². The summed E-state index contributed by atoms with van der Waals surface area (Å²) in [6.45, 7) is 3.24. The van der Waals surface area contributed by atoms with Crippen LogP contribution in [0.2, 0.25) is 0 Å². The maximum absolute atomic E-state index is 9.48. The molecular weight excluding hydrogens is 210 g/mol. The average molecular weight is 229 g/mol. The van der Waals surface area contributed by atoms with E-state index < -0.39 is 0 Å². The normalized spacial score (nSPS) is 17.8. The van der Waals surface area contributed by atoms with Gasteiger partial charge in [-0.1, -0.05) is 12.1 Å². The van der Waals surface area contributed by atoms with Gasteiger partial charge in [-0.3, -0.25) is 0 Å². The fraction of sp³-hybridized carbons (Fsp3) is 0.467. The molecule has 1 N–H and O–H groups in total. The van der Waals surface area contributed by atoms with Crippen molar-refractivity contribution in [1.82, 2.24) is 4.90 Å². The van der Waals surface area contributed by atoms with Crippen LogP contribution in [0.4, 0.5) is 0 Å². The highest BCUT2D eigenvalue weighted by atomic mass is 16.3. The Balaban J connectivity index is 1.89. The van der Waals surface area contributed by atoms with Crippen molar-refractivity contribution in [1.29, 1.82) is 0 Å². The molecule has 0 aromatic heterocycles. The Hall–Kier alpha value is -1.46. The van der Waals surface area contributed by atoms with Crippen LogP contribution in [0, 0.1) is 12.3 Å². The summed E-state index contributed by atoms with van der Waals surface area (Å²) in [5.41, 5.74) is 1.27. The highest BCUT2D eigenvalue weighted by Crippen LogP contribution is 2.29. The molecule has 2 rings (SSSR count). The van der Waals surface area contributed by atoms with Crippen molar-refractivity contribution in [2.45, 2.75) is 25.2 Å². The van der Waals surface area contributed by atoms with Crippen LogP contribution in [0.25, 0.3) is 0 Å². The largest absolute Gasteiger partial charge is 0.508 e. The molecule has 1 heterocycles. The van der Waals surface area contributed by atoms with Gasteiger partial charge < -0.3 is 10.0 Å². The summed E-state index contributed by atoms with van der Waals surface area (Å²) < 4.78 is 0. The molecule has 0 amide bonds. The number of likely N-dealkylation sites (tertiary alicyclic amines) is 1. The summed E-state index contributed by atoms with van der Waals surface area (Å²) in [6, 6.07) is 7.66. The lowest BCUT2D eigenvalue weighted by Gasteiger charge is -2.31. The lowest BCUT2D eigenvalue weighted by Crippen LogP contribution is -2.33. The number of phenolic OH excluding ortho intramolecular Hbond substituents is 1. The molecule has 1 aromatic carbocycles. The van der Waals surface area contributed by atoms with Crippen LogP contribution in [0.5, 0.6) is 5.75 Å². The Labute approximate surface area is 103 Å². The molecule has 1 fully saturated rings. The summed E-state index contributed by atoms with van der Waals surface area (Å²) in [7, 11) is 0. The van der Waals surface area contributed by atoms with E-state index in [0.717, 1.165) is 38.9 Å². The molecule has 1 saturated heterocycles. The van der Waals surface area contributed by atoms with Gasteiger partial charge in [0.2, 0.25) is 0 Å². The molecule has 0 saturated carbocycles. The maximum Gasteiger partial charge on any atom is 0.115 e. The number of hydrogen-bond donors (Lipinski definition) is 1. The van der Waals surface area contributed by atoms with Gasteiger partial charge in [0.15, 0.2) is 0 Å². The first-order chi connectivity index (χ1) is 8.29. The molecule has 0 bridgehead atoms. The minimum absolute atomic E-state index is 0.372. The van der Waals surface area contributed by atoms with Gasteiger partial charge in [0.05, 0.1) is 0 Å². The topological polar surface area (TPSA) is 23.5 Å². The molecule has 0 unspecified atom stereocenters. The van der Waals surface area contributed by atoms with Gasteiger partial charge in [-0.15, -0.1) is 12.3 Å². The average Bonchev–Trinajstić information content (AvgIpc) is 2.37. The molecule has 90 valence electrons. The molecule has 17 heavy (non-hydrogen) atoms. The first-order valence-electron chi connectivity index (χ1n) is 6.24. The fourth-order valence-electron chi connectivity index (χ4n) is 2.49. The lowest BCUT2D eigenvalue weighted by molar-refractivity contribution is 0.216. The van der Waals surface area contributed by atoms with Gasteiger partial charge in [0, 0.05) is 13.0 Å². The van der Waals surface area contributed by atoms with Gasteiger partial charge in [0.1, 0.15) is 5.75 Å². The van der Waals surface area contributed by atoms with Crippen LogP contribution in [-0.4, -0.2) is 29.6 Å². The van der Waals surface area contributed by atoms with Crippen LogP contribution in [-0.2, 0) is 0 Å². The number of terminal acetylenes is 1. The number of phenols is 1. The van der Waals surface area contributed by atoms with Crippen molar-refractivity contribution in [3.8, 4) is 18.1 Å². The predicted molar refractivity (Wildman–Crippen MR) is 70.0 cm³/mol. The van der Waals surface area contributed by atoms with Gasteiger partial charge in [-0.05, 0) is 49.5 Å². The second-order valence-electron chi connectivity index (χ2n) is 4.67. The summed E-state index contributed by atoms with van der Waals surface area (Å²) in [4.78, 5) is 2.43. The van der Waals surface area contributed by atoms with Crippen LogP contribution in [0.3, 0.4) is 0 Å². The molecule has 0 radical (unpaired) electrons. The molecule has 1 aromatic rings. The van der Waals surface area contributed by atoms with Gasteiger partial charge >= 0.3 is 0 Å². The first-order valence-corrected chi connectivity index (χ1v) is 6.24. The first kappa shape index (κ1) is 12.0. The number of benzene rings is 1. The summed E-state index contributed by atoms with van der Waals surface area (Å²) in [6.07, 6.45) is 8.44.